The number of benzene rings is 2. The van der Waals surface area contributed by atoms with Gasteiger partial charge in [-0.05, 0) is 61.0 Å². The summed E-state index contributed by atoms with van der Waals surface area (Å²) in [5.41, 5.74) is 2.35. The predicted molar refractivity (Wildman–Crippen MR) is 116 cm³/mol. The minimum atomic E-state index is -0.639. The van der Waals surface area contributed by atoms with Crippen LogP contribution in [0.5, 0.6) is 0 Å². The molecule has 0 saturated heterocycles. The lowest BCUT2D eigenvalue weighted by molar-refractivity contribution is 0.0453. The molecule has 0 aliphatic carbocycles. The first kappa shape index (κ1) is 19.6. The van der Waals surface area contributed by atoms with E-state index in [0.717, 1.165) is 5.56 Å². The summed E-state index contributed by atoms with van der Waals surface area (Å²) in [7, 11) is 0. The lowest BCUT2D eigenvalue weighted by atomic mass is 10.2. The third-order valence-electron chi connectivity index (χ3n) is 5.09. The SMILES string of the molecule is Cc1ccn2cc(C(=O)OCc3nc4ccccc4c(=O)n3-c3ccc(F)cc3)nc2c1. The van der Waals surface area contributed by atoms with Crippen molar-refractivity contribution in [3.63, 3.8) is 0 Å². The molecule has 0 aliphatic heterocycles. The van der Waals surface area contributed by atoms with Gasteiger partial charge < -0.3 is 9.14 Å². The zero-order valence-electron chi connectivity index (χ0n) is 17.0. The van der Waals surface area contributed by atoms with E-state index in [1.54, 1.807) is 34.9 Å². The van der Waals surface area contributed by atoms with Gasteiger partial charge in [-0.15, -0.1) is 0 Å². The number of ether oxygens (including phenoxy) is 1. The number of nitrogens with zero attached hydrogens (tertiary/aromatic N) is 4. The van der Waals surface area contributed by atoms with E-state index in [2.05, 4.69) is 9.97 Å². The normalized spacial score (nSPS) is 11.2. The Bertz CT molecular complexity index is 1540. The number of imidazole rings is 1. The lowest BCUT2D eigenvalue weighted by Crippen LogP contribution is -2.25. The van der Waals surface area contributed by atoms with Gasteiger partial charge in [-0.2, -0.15) is 0 Å². The number of fused-ring (bicyclic) bond motifs is 2. The molecule has 0 bridgehead atoms. The van der Waals surface area contributed by atoms with Crippen LogP contribution in [0, 0.1) is 12.7 Å². The molecule has 5 aromatic rings. The summed E-state index contributed by atoms with van der Waals surface area (Å²) in [6.07, 6.45) is 3.39. The molecule has 2 aromatic carbocycles. The van der Waals surface area contributed by atoms with E-state index in [0.29, 0.717) is 22.2 Å². The van der Waals surface area contributed by atoms with Crippen molar-refractivity contribution in [2.75, 3.05) is 0 Å². The third kappa shape index (κ3) is 3.51. The number of aromatic nitrogens is 4. The predicted octanol–water partition coefficient (Wildman–Crippen LogP) is 3.84. The second-order valence-corrected chi connectivity index (χ2v) is 7.33. The highest BCUT2D eigenvalue weighted by molar-refractivity contribution is 5.88. The number of hydrogen-bond acceptors (Lipinski definition) is 5. The molecule has 0 unspecified atom stereocenters. The number of carbonyl (C=O) groups excluding carboxylic acids is 1. The number of aryl methyl sites for hydroxylation is 1. The number of halogens is 1. The molecular weight excluding hydrogens is 411 g/mol. The first-order valence-electron chi connectivity index (χ1n) is 9.89. The Hall–Kier alpha value is -4.33. The number of para-hydroxylation sites is 1. The number of pyridine rings is 1. The van der Waals surface area contributed by atoms with Crippen LogP contribution < -0.4 is 5.56 Å². The van der Waals surface area contributed by atoms with Gasteiger partial charge in [0, 0.05) is 12.4 Å². The van der Waals surface area contributed by atoms with Crippen LogP contribution >= 0.6 is 0 Å². The molecule has 0 saturated carbocycles. The monoisotopic (exact) mass is 428 g/mol. The molecule has 5 rings (SSSR count). The second-order valence-electron chi connectivity index (χ2n) is 7.33. The summed E-state index contributed by atoms with van der Waals surface area (Å²) in [6, 6.07) is 16.1. The zero-order valence-corrected chi connectivity index (χ0v) is 17.0. The van der Waals surface area contributed by atoms with E-state index in [4.69, 9.17) is 4.74 Å². The molecule has 3 aromatic heterocycles. The fourth-order valence-corrected chi connectivity index (χ4v) is 3.52. The largest absolute Gasteiger partial charge is 0.453 e. The van der Waals surface area contributed by atoms with E-state index >= 15 is 0 Å². The average molecular weight is 428 g/mol. The Kier molecular flexibility index (Phi) is 4.74. The highest BCUT2D eigenvalue weighted by Gasteiger charge is 2.17. The molecule has 0 amide bonds. The zero-order chi connectivity index (χ0) is 22.2. The molecule has 0 N–H and O–H groups in total. The molecule has 3 heterocycles. The molecule has 0 radical (unpaired) electrons. The van der Waals surface area contributed by atoms with E-state index in [1.807, 2.05) is 25.3 Å². The van der Waals surface area contributed by atoms with Crippen LogP contribution in [0.25, 0.3) is 22.2 Å². The van der Waals surface area contributed by atoms with Crippen molar-refractivity contribution < 1.29 is 13.9 Å². The van der Waals surface area contributed by atoms with E-state index in [-0.39, 0.29) is 23.7 Å². The molecule has 158 valence electrons. The fourth-order valence-electron chi connectivity index (χ4n) is 3.52. The molecule has 0 fully saturated rings. The maximum absolute atomic E-state index is 13.4. The molecule has 8 heteroatoms. The summed E-state index contributed by atoms with van der Waals surface area (Å²) >= 11 is 0. The van der Waals surface area contributed by atoms with Crippen LogP contribution in [0.1, 0.15) is 21.9 Å². The topological polar surface area (TPSA) is 78.5 Å². The van der Waals surface area contributed by atoms with Crippen LogP contribution in [0.4, 0.5) is 4.39 Å². The van der Waals surface area contributed by atoms with E-state index < -0.39 is 11.8 Å². The van der Waals surface area contributed by atoms with Gasteiger partial charge >= 0.3 is 5.97 Å². The maximum Gasteiger partial charge on any atom is 0.359 e. The van der Waals surface area contributed by atoms with Gasteiger partial charge in [0.2, 0.25) is 0 Å². The Balaban J connectivity index is 1.52. The second kappa shape index (κ2) is 7.73. The van der Waals surface area contributed by atoms with Crippen molar-refractivity contribution in [2.24, 2.45) is 0 Å². The Morgan fingerprint density at radius 2 is 1.84 bits per heavy atom. The van der Waals surface area contributed by atoms with Crippen molar-refractivity contribution in [1.82, 2.24) is 18.9 Å². The molecule has 0 atom stereocenters. The first-order valence-corrected chi connectivity index (χ1v) is 9.89. The third-order valence-corrected chi connectivity index (χ3v) is 5.09. The fraction of sp³-hybridized carbons (Fsp3) is 0.0833. The summed E-state index contributed by atoms with van der Waals surface area (Å²) in [6.45, 7) is 1.68. The van der Waals surface area contributed by atoms with Crippen LogP contribution in [0.15, 0.2) is 77.9 Å². The van der Waals surface area contributed by atoms with E-state index in [9.17, 15) is 14.0 Å². The lowest BCUT2D eigenvalue weighted by Gasteiger charge is -2.13. The molecule has 0 spiro atoms. The summed E-state index contributed by atoms with van der Waals surface area (Å²) in [5, 5.41) is 0.405. The molecule has 7 nitrogen and oxygen atoms in total. The number of esters is 1. The maximum atomic E-state index is 13.4. The van der Waals surface area contributed by atoms with Crippen LogP contribution in [0.2, 0.25) is 0 Å². The van der Waals surface area contributed by atoms with Crippen molar-refractivity contribution in [1.29, 1.82) is 0 Å². The molecule has 32 heavy (non-hydrogen) atoms. The summed E-state index contributed by atoms with van der Waals surface area (Å²) in [4.78, 5) is 34.6. The Morgan fingerprint density at radius 1 is 1.06 bits per heavy atom. The van der Waals surface area contributed by atoms with Gasteiger partial charge in [0.15, 0.2) is 11.5 Å². The van der Waals surface area contributed by atoms with Crippen molar-refractivity contribution in [2.45, 2.75) is 13.5 Å². The van der Waals surface area contributed by atoms with Gasteiger partial charge in [-0.25, -0.2) is 19.2 Å². The van der Waals surface area contributed by atoms with Crippen LogP contribution in [0.3, 0.4) is 0 Å². The smallest absolute Gasteiger partial charge is 0.359 e. The standard InChI is InChI=1S/C24H17FN4O3/c1-15-10-11-28-13-20(27-21(28)12-15)24(31)32-14-22-26-19-5-3-2-4-18(19)23(30)29(22)17-8-6-16(25)7-9-17/h2-13H,14H2,1H3. The highest BCUT2D eigenvalue weighted by atomic mass is 19.1. The number of rotatable bonds is 4. The Morgan fingerprint density at radius 3 is 2.66 bits per heavy atom. The van der Waals surface area contributed by atoms with Gasteiger partial charge in [-0.1, -0.05) is 12.1 Å². The summed E-state index contributed by atoms with van der Waals surface area (Å²) < 4.78 is 21.9. The van der Waals surface area contributed by atoms with Crippen molar-refractivity contribution in [3.05, 3.63) is 106 Å². The first-order chi connectivity index (χ1) is 15.5. The van der Waals surface area contributed by atoms with Crippen molar-refractivity contribution in [3.8, 4) is 5.69 Å². The summed E-state index contributed by atoms with van der Waals surface area (Å²) in [5.74, 6) is -0.849. The quantitative estimate of drug-likeness (QED) is 0.407. The van der Waals surface area contributed by atoms with E-state index in [1.165, 1.54) is 28.8 Å². The molecule has 0 aliphatic rings. The van der Waals surface area contributed by atoms with Crippen molar-refractivity contribution >= 4 is 22.5 Å². The van der Waals surface area contributed by atoms with Gasteiger partial charge in [0.1, 0.15) is 18.1 Å². The molecular formula is C24H17FN4O3. The van der Waals surface area contributed by atoms with Gasteiger partial charge in [0.05, 0.1) is 16.6 Å². The van der Waals surface area contributed by atoms with Crippen LogP contribution in [-0.2, 0) is 11.3 Å². The van der Waals surface area contributed by atoms with Crippen LogP contribution in [-0.4, -0.2) is 24.9 Å². The highest BCUT2D eigenvalue weighted by Crippen LogP contribution is 2.15. The average Bonchev–Trinajstić information content (AvgIpc) is 3.22. The number of hydrogen-bond donors (Lipinski definition) is 0. The van der Waals surface area contributed by atoms with Gasteiger partial charge in [-0.3, -0.25) is 9.36 Å². The minimum absolute atomic E-state index is 0.145. The Labute approximate surface area is 181 Å². The van der Waals surface area contributed by atoms with Gasteiger partial charge in [0.25, 0.3) is 5.56 Å². The minimum Gasteiger partial charge on any atom is -0.453 e. The number of carbonyl (C=O) groups is 1.